The minimum absolute atomic E-state index is 0.0798. The molecule has 14 heteroatoms. The van der Waals surface area contributed by atoms with Crippen molar-refractivity contribution in [1.82, 2.24) is 14.6 Å². The maximum atomic E-state index is 13.2. The van der Waals surface area contributed by atoms with Crippen molar-refractivity contribution in [3.63, 3.8) is 0 Å². The Labute approximate surface area is 321 Å². The highest BCUT2D eigenvalue weighted by molar-refractivity contribution is 7.47. The number of anilines is 1. The smallest absolute Gasteiger partial charge is 0.472 e. The number of aliphatic hydroxyl groups is 2. The van der Waals surface area contributed by atoms with Gasteiger partial charge in [-0.3, -0.25) is 9.05 Å². The number of phosphoric acid groups is 1. The highest BCUT2D eigenvalue weighted by Crippen LogP contribution is 2.47. The summed E-state index contributed by atoms with van der Waals surface area (Å²) in [5.74, 6) is 0.913. The van der Waals surface area contributed by atoms with Crippen molar-refractivity contribution < 1.29 is 42.9 Å². The van der Waals surface area contributed by atoms with E-state index in [9.17, 15) is 19.7 Å². The highest BCUT2D eigenvalue weighted by atomic mass is 31.2. The zero-order valence-corrected chi connectivity index (χ0v) is 33.3. The van der Waals surface area contributed by atoms with Crippen LogP contribution in [0, 0.1) is 0 Å². The predicted molar refractivity (Wildman–Crippen MR) is 209 cm³/mol. The molecular formula is C40H65N4O9P. The van der Waals surface area contributed by atoms with E-state index in [1.54, 1.807) is 19.1 Å². The van der Waals surface area contributed by atoms with E-state index in [4.69, 9.17) is 29.0 Å². The van der Waals surface area contributed by atoms with E-state index in [-0.39, 0.29) is 25.5 Å². The van der Waals surface area contributed by atoms with Gasteiger partial charge in [0.1, 0.15) is 41.5 Å². The average molecular weight is 777 g/mol. The number of ether oxygens (including phenoxy) is 3. The van der Waals surface area contributed by atoms with Crippen LogP contribution in [0.3, 0.4) is 0 Å². The van der Waals surface area contributed by atoms with Gasteiger partial charge in [-0.25, -0.2) is 14.1 Å². The van der Waals surface area contributed by atoms with E-state index < -0.39 is 44.4 Å². The first-order chi connectivity index (χ1) is 26.1. The molecule has 1 aliphatic rings. The molecule has 4 rings (SSSR count). The van der Waals surface area contributed by atoms with Crippen molar-refractivity contribution in [2.45, 2.75) is 153 Å². The van der Waals surface area contributed by atoms with Gasteiger partial charge in [0.05, 0.1) is 31.6 Å². The Morgan fingerprint density at radius 3 is 2.13 bits per heavy atom. The van der Waals surface area contributed by atoms with Crippen LogP contribution in [0.5, 0.6) is 5.75 Å². The molecule has 1 unspecified atom stereocenters. The second-order valence-corrected chi connectivity index (χ2v) is 16.1. The van der Waals surface area contributed by atoms with Crippen LogP contribution in [-0.2, 0) is 28.7 Å². The normalized spacial score (nSPS) is 21.8. The standard InChI is InChI=1S/C40H65N4O9P/c1-3-4-5-6-7-8-9-10-11-12-13-14-15-16-17-21-27-49-29-33(26-28-50-32-22-19-18-20-23-32)53-54(47,48)51-30-35-37(45)38(46)40(2,52-35)36-25-24-34-39(41)42-31-43-44(34)36/h18-20,22-25,31,33,35,37-38,45-46H,3-17,21,26-30H2,1-2H3,(H,47,48)(H2,41,42,43)/t33-,35+,37+,38+,40-/m0/s1. The second kappa shape index (κ2) is 23.5. The lowest BCUT2D eigenvalue weighted by Crippen LogP contribution is -2.39. The lowest BCUT2D eigenvalue weighted by Gasteiger charge is -2.27. The van der Waals surface area contributed by atoms with Gasteiger partial charge in [0, 0.05) is 13.0 Å². The molecule has 1 aliphatic heterocycles. The number of phosphoric ester groups is 1. The van der Waals surface area contributed by atoms with Gasteiger partial charge in [-0.2, -0.15) is 5.10 Å². The molecular weight excluding hydrogens is 711 g/mol. The van der Waals surface area contributed by atoms with Gasteiger partial charge in [-0.1, -0.05) is 121 Å². The summed E-state index contributed by atoms with van der Waals surface area (Å²) in [5, 5.41) is 26.1. The summed E-state index contributed by atoms with van der Waals surface area (Å²) < 4.78 is 43.3. The Kier molecular flexibility index (Phi) is 19.2. The number of fused-ring (bicyclic) bond motifs is 1. The second-order valence-electron chi connectivity index (χ2n) is 14.7. The first-order valence-corrected chi connectivity index (χ1v) is 21.7. The number of hydrogen-bond acceptors (Lipinski definition) is 11. The Morgan fingerprint density at radius 1 is 0.889 bits per heavy atom. The number of unbranched alkanes of at least 4 members (excludes halogenated alkanes) is 15. The summed E-state index contributed by atoms with van der Waals surface area (Å²) in [5.41, 5.74) is 5.46. The molecule has 5 N–H and O–H groups in total. The SMILES string of the molecule is CCCCCCCCCCCCCCCCCCOC[C@H](CCOc1ccccc1)OP(=O)(O)OC[C@H]1O[C@@](C)(c2ccc3c(N)ncnn23)[C@H](O)[C@@H]1O. The molecule has 0 spiro atoms. The Bertz CT molecular complexity index is 1520. The number of aromatic nitrogens is 3. The van der Waals surface area contributed by atoms with Crippen LogP contribution in [-0.4, -0.2) is 80.5 Å². The molecule has 6 atom stereocenters. The molecule has 0 aliphatic carbocycles. The molecule has 1 saturated heterocycles. The number of benzene rings is 1. The average Bonchev–Trinajstić information content (AvgIpc) is 3.70. The third-order valence-corrected chi connectivity index (χ3v) is 11.3. The number of nitrogens with zero attached hydrogens (tertiary/aromatic N) is 3. The molecule has 0 amide bonds. The zero-order valence-electron chi connectivity index (χ0n) is 32.4. The molecule has 0 saturated carbocycles. The van der Waals surface area contributed by atoms with Crippen LogP contribution < -0.4 is 10.5 Å². The maximum absolute atomic E-state index is 13.2. The minimum atomic E-state index is -4.65. The quantitative estimate of drug-likeness (QED) is 0.0396. The molecule has 304 valence electrons. The minimum Gasteiger partial charge on any atom is -0.493 e. The number of rotatable bonds is 29. The molecule has 13 nitrogen and oxygen atoms in total. The van der Waals surface area contributed by atoms with Gasteiger partial charge in [0.15, 0.2) is 5.82 Å². The summed E-state index contributed by atoms with van der Waals surface area (Å²) in [6.07, 6.45) is 17.4. The van der Waals surface area contributed by atoms with Crippen molar-refractivity contribution in [1.29, 1.82) is 0 Å². The molecule has 0 bridgehead atoms. The molecule has 54 heavy (non-hydrogen) atoms. The number of para-hydroxylation sites is 1. The number of hydrogen-bond donors (Lipinski definition) is 4. The summed E-state index contributed by atoms with van der Waals surface area (Å²) in [6, 6.07) is 12.6. The van der Waals surface area contributed by atoms with E-state index in [0.717, 1.165) is 19.3 Å². The summed E-state index contributed by atoms with van der Waals surface area (Å²) in [4.78, 5) is 14.7. The molecule has 3 aromatic rings. The fourth-order valence-corrected chi connectivity index (χ4v) is 7.94. The van der Waals surface area contributed by atoms with Crippen LogP contribution in [0.1, 0.15) is 129 Å². The molecule has 1 fully saturated rings. The largest absolute Gasteiger partial charge is 0.493 e. The molecule has 3 heterocycles. The first kappa shape index (κ1) is 44.1. The topological polar surface area (TPSA) is 180 Å². The van der Waals surface area contributed by atoms with Gasteiger partial charge in [-0.15, -0.1) is 0 Å². The first-order valence-electron chi connectivity index (χ1n) is 20.2. The zero-order chi connectivity index (χ0) is 38.7. The van der Waals surface area contributed by atoms with Crippen molar-refractivity contribution in [2.75, 3.05) is 32.2 Å². The van der Waals surface area contributed by atoms with Crippen LogP contribution in [0.2, 0.25) is 0 Å². The Morgan fingerprint density at radius 2 is 1.50 bits per heavy atom. The fraction of sp³-hybridized carbons (Fsp3) is 0.700. The third-order valence-electron chi connectivity index (χ3n) is 10.2. The number of aliphatic hydroxyl groups excluding tert-OH is 2. The fourth-order valence-electron chi connectivity index (χ4n) is 7.00. The van der Waals surface area contributed by atoms with Crippen molar-refractivity contribution >= 4 is 19.2 Å². The summed E-state index contributed by atoms with van der Waals surface area (Å²) in [6.45, 7) is 4.16. The van der Waals surface area contributed by atoms with Crippen molar-refractivity contribution in [3.05, 3.63) is 54.5 Å². The van der Waals surface area contributed by atoms with E-state index >= 15 is 0 Å². The monoisotopic (exact) mass is 776 g/mol. The number of nitrogen functional groups attached to an aromatic ring is 1. The Hall–Kier alpha value is -2.61. The lowest BCUT2D eigenvalue weighted by molar-refractivity contribution is -0.0898. The van der Waals surface area contributed by atoms with E-state index in [1.165, 1.54) is 94.3 Å². The van der Waals surface area contributed by atoms with Gasteiger partial charge in [-0.05, 0) is 37.6 Å². The van der Waals surface area contributed by atoms with Crippen LogP contribution in [0.25, 0.3) is 5.52 Å². The number of nitrogens with two attached hydrogens (primary N) is 1. The molecule has 2 aromatic heterocycles. The third kappa shape index (κ3) is 14.2. The van der Waals surface area contributed by atoms with Gasteiger partial charge >= 0.3 is 7.82 Å². The lowest BCUT2D eigenvalue weighted by atomic mass is 9.93. The summed E-state index contributed by atoms with van der Waals surface area (Å²) >= 11 is 0. The molecule has 1 aromatic carbocycles. The van der Waals surface area contributed by atoms with Crippen LogP contribution >= 0.6 is 7.82 Å². The summed E-state index contributed by atoms with van der Waals surface area (Å²) in [7, 11) is -4.65. The van der Waals surface area contributed by atoms with E-state index in [1.807, 2.05) is 30.3 Å². The highest BCUT2D eigenvalue weighted by Gasteiger charge is 2.54. The van der Waals surface area contributed by atoms with Gasteiger partial charge in [0.2, 0.25) is 0 Å². The predicted octanol–water partition coefficient (Wildman–Crippen LogP) is 7.90. The van der Waals surface area contributed by atoms with Crippen LogP contribution in [0.15, 0.2) is 48.8 Å². The van der Waals surface area contributed by atoms with Gasteiger partial charge in [0.25, 0.3) is 0 Å². The van der Waals surface area contributed by atoms with E-state index in [0.29, 0.717) is 23.6 Å². The van der Waals surface area contributed by atoms with E-state index in [2.05, 4.69) is 17.0 Å². The van der Waals surface area contributed by atoms with Crippen molar-refractivity contribution in [2.24, 2.45) is 0 Å². The van der Waals surface area contributed by atoms with Crippen LogP contribution in [0.4, 0.5) is 5.82 Å². The Balaban J connectivity index is 1.16. The molecule has 0 radical (unpaired) electrons. The van der Waals surface area contributed by atoms with Gasteiger partial charge < -0.3 is 35.1 Å². The van der Waals surface area contributed by atoms with Crippen molar-refractivity contribution in [3.8, 4) is 5.75 Å². The maximum Gasteiger partial charge on any atom is 0.472 e.